The predicted molar refractivity (Wildman–Crippen MR) is 108 cm³/mol. The molecule has 5 heteroatoms. The second kappa shape index (κ2) is 6.64. The van der Waals surface area contributed by atoms with Gasteiger partial charge in [0.15, 0.2) is 0 Å². The lowest BCUT2D eigenvalue weighted by Gasteiger charge is -2.48. The minimum Gasteiger partial charge on any atom is -0.330 e. The molecule has 1 saturated carbocycles. The molecule has 1 N–H and O–H groups in total. The zero-order chi connectivity index (χ0) is 19.1. The summed E-state index contributed by atoms with van der Waals surface area (Å²) in [6.45, 7) is 2.75. The van der Waals surface area contributed by atoms with Crippen molar-refractivity contribution in [2.24, 2.45) is 0 Å². The fourth-order valence-electron chi connectivity index (χ4n) is 4.81. The van der Waals surface area contributed by atoms with Crippen LogP contribution >= 0.6 is 0 Å². The number of anilines is 1. The second-order valence-electron chi connectivity index (χ2n) is 8.25. The molecule has 0 radical (unpaired) electrons. The molecular formula is C22H28N4O. The molecule has 1 spiro atoms. The highest BCUT2D eigenvalue weighted by Crippen LogP contribution is 2.46. The summed E-state index contributed by atoms with van der Waals surface area (Å²) in [7, 11) is 4.34. The van der Waals surface area contributed by atoms with E-state index < -0.39 is 0 Å². The average molecular weight is 364 g/mol. The number of nitrogens with zero attached hydrogens (tertiary/aromatic N) is 3. The van der Waals surface area contributed by atoms with Crippen molar-refractivity contribution in [2.75, 3.05) is 25.5 Å². The van der Waals surface area contributed by atoms with Gasteiger partial charge in [0.2, 0.25) is 0 Å². The van der Waals surface area contributed by atoms with Crippen LogP contribution in [-0.2, 0) is 5.54 Å². The van der Waals surface area contributed by atoms with Crippen LogP contribution in [-0.4, -0.2) is 42.1 Å². The molecule has 2 fully saturated rings. The lowest BCUT2D eigenvalue weighted by atomic mass is 9.69. The molecule has 4 rings (SSSR count). The number of aryl methyl sites for hydroxylation is 1. The maximum Gasteiger partial charge on any atom is 0.322 e. The summed E-state index contributed by atoms with van der Waals surface area (Å²) in [6, 6.07) is 12.7. The Kier molecular flexibility index (Phi) is 4.42. The molecule has 1 aliphatic carbocycles. The van der Waals surface area contributed by atoms with Gasteiger partial charge in [-0.15, -0.1) is 0 Å². The standard InChI is InChI=1S/C22H28N4O/c1-17-9-14-23-15-19(17)26-16-21(24-20(26)27)10-12-22(13-11-21,25(2)3)18-7-5-4-6-8-18/h4-9,14-15H,10-13,16H2,1-3H3,(H,24,27). The lowest BCUT2D eigenvalue weighted by molar-refractivity contribution is 0.0658. The number of carbonyl (C=O) groups excluding carboxylic acids is 1. The monoisotopic (exact) mass is 364 g/mol. The highest BCUT2D eigenvalue weighted by Gasteiger charge is 2.50. The van der Waals surface area contributed by atoms with Crippen molar-refractivity contribution < 1.29 is 4.79 Å². The van der Waals surface area contributed by atoms with Crippen molar-refractivity contribution in [3.63, 3.8) is 0 Å². The van der Waals surface area contributed by atoms with Gasteiger partial charge in [0.25, 0.3) is 0 Å². The first kappa shape index (κ1) is 18.0. The molecule has 1 aliphatic heterocycles. The number of urea groups is 1. The van der Waals surface area contributed by atoms with Crippen LogP contribution in [0.1, 0.15) is 36.8 Å². The van der Waals surface area contributed by atoms with E-state index in [0.29, 0.717) is 0 Å². The Morgan fingerprint density at radius 1 is 1.07 bits per heavy atom. The predicted octanol–water partition coefficient (Wildman–Crippen LogP) is 3.69. The van der Waals surface area contributed by atoms with E-state index in [4.69, 9.17) is 0 Å². The summed E-state index contributed by atoms with van der Waals surface area (Å²) < 4.78 is 0. The van der Waals surface area contributed by atoms with E-state index in [1.165, 1.54) is 5.56 Å². The Hall–Kier alpha value is -2.40. The summed E-state index contributed by atoms with van der Waals surface area (Å²) in [6.07, 6.45) is 7.58. The topological polar surface area (TPSA) is 48.5 Å². The molecule has 2 aromatic rings. The molecule has 2 amide bonds. The highest BCUT2D eigenvalue weighted by atomic mass is 16.2. The fourth-order valence-corrected chi connectivity index (χ4v) is 4.81. The number of carbonyl (C=O) groups is 1. The average Bonchev–Trinajstić information content (AvgIpc) is 2.99. The quantitative estimate of drug-likeness (QED) is 0.904. The molecule has 142 valence electrons. The maximum absolute atomic E-state index is 12.7. The number of aromatic nitrogens is 1. The largest absolute Gasteiger partial charge is 0.330 e. The Bertz CT molecular complexity index is 825. The van der Waals surface area contributed by atoms with E-state index >= 15 is 0 Å². The third-order valence-electron chi connectivity index (χ3n) is 6.58. The van der Waals surface area contributed by atoms with Gasteiger partial charge in [-0.25, -0.2) is 4.79 Å². The van der Waals surface area contributed by atoms with E-state index in [1.54, 1.807) is 12.4 Å². The molecule has 1 aromatic heterocycles. The number of rotatable bonds is 3. The Labute approximate surface area is 161 Å². The van der Waals surface area contributed by atoms with Gasteiger partial charge in [-0.3, -0.25) is 14.8 Å². The number of hydrogen-bond donors (Lipinski definition) is 1. The summed E-state index contributed by atoms with van der Waals surface area (Å²) >= 11 is 0. The molecule has 5 nitrogen and oxygen atoms in total. The van der Waals surface area contributed by atoms with E-state index in [0.717, 1.165) is 43.5 Å². The number of nitrogens with one attached hydrogen (secondary N) is 1. The van der Waals surface area contributed by atoms with Crippen LogP contribution in [0.4, 0.5) is 10.5 Å². The molecule has 27 heavy (non-hydrogen) atoms. The Morgan fingerprint density at radius 3 is 2.41 bits per heavy atom. The number of hydrogen-bond acceptors (Lipinski definition) is 3. The van der Waals surface area contributed by atoms with Crippen LogP contribution < -0.4 is 10.2 Å². The van der Waals surface area contributed by atoms with Crippen LogP contribution in [0, 0.1) is 6.92 Å². The van der Waals surface area contributed by atoms with Gasteiger partial charge < -0.3 is 5.32 Å². The number of benzene rings is 1. The van der Waals surface area contributed by atoms with Crippen molar-refractivity contribution in [1.82, 2.24) is 15.2 Å². The molecule has 0 atom stereocenters. The second-order valence-corrected chi connectivity index (χ2v) is 8.25. The number of pyridine rings is 1. The molecule has 1 saturated heterocycles. The zero-order valence-electron chi connectivity index (χ0n) is 16.4. The Morgan fingerprint density at radius 2 is 1.78 bits per heavy atom. The van der Waals surface area contributed by atoms with Crippen molar-refractivity contribution in [2.45, 2.75) is 43.7 Å². The van der Waals surface area contributed by atoms with Gasteiger partial charge in [-0.05, 0) is 63.9 Å². The van der Waals surface area contributed by atoms with Crippen molar-refractivity contribution in [3.8, 4) is 0 Å². The van der Waals surface area contributed by atoms with Crippen LogP contribution in [0.2, 0.25) is 0 Å². The third-order valence-corrected chi connectivity index (χ3v) is 6.58. The first-order chi connectivity index (χ1) is 13.0. The third kappa shape index (κ3) is 3.00. The summed E-state index contributed by atoms with van der Waals surface area (Å²) in [4.78, 5) is 21.2. The first-order valence-electron chi connectivity index (χ1n) is 9.69. The smallest absolute Gasteiger partial charge is 0.322 e. The Balaban J connectivity index is 1.57. The van der Waals surface area contributed by atoms with Gasteiger partial charge in [-0.1, -0.05) is 30.3 Å². The minimum absolute atomic E-state index is 0.00293. The summed E-state index contributed by atoms with van der Waals surface area (Å²) in [5.41, 5.74) is 3.26. The molecule has 1 aromatic carbocycles. The maximum atomic E-state index is 12.7. The molecule has 2 heterocycles. The summed E-state index contributed by atoms with van der Waals surface area (Å²) in [5, 5.41) is 3.31. The van der Waals surface area contributed by atoms with Crippen LogP contribution in [0.3, 0.4) is 0 Å². The van der Waals surface area contributed by atoms with Crippen LogP contribution in [0.25, 0.3) is 0 Å². The van der Waals surface area contributed by atoms with E-state index in [1.807, 2.05) is 17.9 Å². The molecule has 0 unspecified atom stereocenters. The van der Waals surface area contributed by atoms with Crippen LogP contribution in [0.15, 0.2) is 48.8 Å². The molecular weight excluding hydrogens is 336 g/mol. The minimum atomic E-state index is -0.145. The number of amides is 2. The normalized spacial score (nSPS) is 28.0. The van der Waals surface area contributed by atoms with Gasteiger partial charge in [0.05, 0.1) is 24.0 Å². The van der Waals surface area contributed by atoms with E-state index in [-0.39, 0.29) is 17.1 Å². The lowest BCUT2D eigenvalue weighted by Crippen LogP contribution is -2.54. The fraction of sp³-hybridized carbons (Fsp3) is 0.455. The van der Waals surface area contributed by atoms with Crippen LogP contribution in [0.5, 0.6) is 0 Å². The molecule has 2 aliphatic rings. The van der Waals surface area contributed by atoms with Gasteiger partial charge >= 0.3 is 6.03 Å². The van der Waals surface area contributed by atoms with Gasteiger partial charge in [0, 0.05) is 11.7 Å². The van der Waals surface area contributed by atoms with Crippen molar-refractivity contribution >= 4 is 11.7 Å². The van der Waals surface area contributed by atoms with Gasteiger partial charge in [-0.2, -0.15) is 0 Å². The zero-order valence-corrected chi connectivity index (χ0v) is 16.4. The van der Waals surface area contributed by atoms with E-state index in [2.05, 4.69) is 59.6 Å². The summed E-state index contributed by atoms with van der Waals surface area (Å²) in [5.74, 6) is 0. The van der Waals surface area contributed by atoms with E-state index in [9.17, 15) is 4.79 Å². The SMILES string of the molecule is Cc1ccncc1N1CC2(CCC(c3ccccc3)(N(C)C)CC2)NC1=O. The molecule has 0 bridgehead atoms. The van der Waals surface area contributed by atoms with Crippen molar-refractivity contribution in [1.29, 1.82) is 0 Å². The highest BCUT2D eigenvalue weighted by molar-refractivity contribution is 5.95. The first-order valence-corrected chi connectivity index (χ1v) is 9.69. The van der Waals surface area contributed by atoms with Crippen molar-refractivity contribution in [3.05, 3.63) is 59.9 Å². The van der Waals surface area contributed by atoms with Gasteiger partial charge in [0.1, 0.15) is 0 Å².